The highest BCUT2D eigenvalue weighted by atomic mass is 14.3. The first-order valence-corrected chi connectivity index (χ1v) is 6.44. The summed E-state index contributed by atoms with van der Waals surface area (Å²) in [6.45, 7) is 13.7. The highest BCUT2D eigenvalue weighted by molar-refractivity contribution is 5.05. The van der Waals surface area contributed by atoms with Gasteiger partial charge in [0.15, 0.2) is 0 Å². The average molecular weight is 208 g/mol. The van der Waals surface area contributed by atoms with Gasteiger partial charge in [-0.05, 0) is 24.2 Å². The predicted octanol–water partition coefficient (Wildman–Crippen LogP) is 4.89. The van der Waals surface area contributed by atoms with Crippen LogP contribution in [0.1, 0.15) is 67.2 Å². The molecule has 2 atom stereocenters. The van der Waals surface area contributed by atoms with E-state index in [9.17, 15) is 0 Å². The van der Waals surface area contributed by atoms with Gasteiger partial charge in [0.2, 0.25) is 0 Å². The Hall–Kier alpha value is -0.440. The summed E-state index contributed by atoms with van der Waals surface area (Å²) in [5, 5.41) is 0. The molecule has 0 saturated heterocycles. The van der Waals surface area contributed by atoms with E-state index in [1.54, 1.807) is 0 Å². The van der Waals surface area contributed by atoms with E-state index < -0.39 is 0 Å². The molecule has 0 saturated carbocycles. The number of hydrogen-bond donors (Lipinski definition) is 0. The lowest BCUT2D eigenvalue weighted by Crippen LogP contribution is -2.21. The molecule has 0 amide bonds. The van der Waals surface area contributed by atoms with E-state index in [0.29, 0.717) is 11.3 Å². The first-order valence-electron chi connectivity index (χ1n) is 6.44. The van der Waals surface area contributed by atoms with E-state index >= 15 is 0 Å². The maximum absolute atomic E-state index is 3.39. The molecule has 0 heteroatoms. The standard InChI is InChI=1S/C15H28/c1-7-10-14(5)11-9-12-15(6,8-2)13(3)4/h13-14H,7-8,10,12H2,1-6H3. The lowest BCUT2D eigenvalue weighted by molar-refractivity contribution is 0.216. The molecule has 0 rings (SSSR count). The third-order valence-corrected chi connectivity index (χ3v) is 3.76. The van der Waals surface area contributed by atoms with Crippen molar-refractivity contribution in [2.24, 2.45) is 17.3 Å². The van der Waals surface area contributed by atoms with Crippen LogP contribution >= 0.6 is 0 Å². The van der Waals surface area contributed by atoms with E-state index in [-0.39, 0.29) is 0 Å². The summed E-state index contributed by atoms with van der Waals surface area (Å²) >= 11 is 0. The molecule has 0 radical (unpaired) electrons. The van der Waals surface area contributed by atoms with Crippen LogP contribution in [0.25, 0.3) is 0 Å². The molecule has 0 fully saturated rings. The molecule has 0 aliphatic rings. The maximum Gasteiger partial charge on any atom is 0.0174 e. The summed E-state index contributed by atoms with van der Waals surface area (Å²) in [5.74, 6) is 8.06. The highest BCUT2D eigenvalue weighted by Crippen LogP contribution is 2.33. The Labute approximate surface area is 96.8 Å². The van der Waals surface area contributed by atoms with Gasteiger partial charge in [-0.2, -0.15) is 0 Å². The monoisotopic (exact) mass is 208 g/mol. The summed E-state index contributed by atoms with van der Waals surface area (Å²) in [5.41, 5.74) is 0.402. The molecule has 88 valence electrons. The molecule has 0 aliphatic heterocycles. The molecule has 0 aromatic rings. The molecule has 0 N–H and O–H groups in total. The van der Waals surface area contributed by atoms with Crippen LogP contribution in [0, 0.1) is 29.1 Å². The van der Waals surface area contributed by atoms with Gasteiger partial charge in [-0.15, -0.1) is 11.8 Å². The van der Waals surface area contributed by atoms with Gasteiger partial charge in [-0.3, -0.25) is 0 Å². The molecule has 0 aromatic heterocycles. The van der Waals surface area contributed by atoms with Crippen molar-refractivity contribution >= 4 is 0 Å². The van der Waals surface area contributed by atoms with Crippen LogP contribution in [0.4, 0.5) is 0 Å². The van der Waals surface area contributed by atoms with Gasteiger partial charge in [0, 0.05) is 12.3 Å². The lowest BCUT2D eigenvalue weighted by Gasteiger charge is -2.30. The molecule has 0 aliphatic carbocycles. The van der Waals surface area contributed by atoms with Gasteiger partial charge >= 0.3 is 0 Å². The van der Waals surface area contributed by atoms with Crippen LogP contribution in [0.5, 0.6) is 0 Å². The molecule has 2 unspecified atom stereocenters. The van der Waals surface area contributed by atoms with Crippen LogP contribution < -0.4 is 0 Å². The van der Waals surface area contributed by atoms with Crippen molar-refractivity contribution in [3.05, 3.63) is 0 Å². The van der Waals surface area contributed by atoms with Crippen molar-refractivity contribution in [3.63, 3.8) is 0 Å². The second kappa shape index (κ2) is 6.94. The van der Waals surface area contributed by atoms with E-state index in [0.717, 1.165) is 12.3 Å². The summed E-state index contributed by atoms with van der Waals surface area (Å²) in [7, 11) is 0. The fourth-order valence-electron chi connectivity index (χ4n) is 1.67. The zero-order valence-electron chi connectivity index (χ0n) is 11.5. The SMILES string of the molecule is CCCC(C)C#CCC(C)(CC)C(C)C. The Morgan fingerprint density at radius 2 is 1.73 bits per heavy atom. The first kappa shape index (κ1) is 14.6. The van der Waals surface area contributed by atoms with E-state index in [1.165, 1.54) is 19.3 Å². The third-order valence-electron chi connectivity index (χ3n) is 3.76. The van der Waals surface area contributed by atoms with E-state index in [2.05, 4.69) is 53.4 Å². The van der Waals surface area contributed by atoms with Crippen molar-refractivity contribution in [3.8, 4) is 11.8 Å². The molecule has 0 aromatic carbocycles. The normalized spacial score (nSPS) is 16.7. The second-order valence-electron chi connectivity index (χ2n) is 5.35. The van der Waals surface area contributed by atoms with E-state index in [1.807, 2.05) is 0 Å². The molecular weight excluding hydrogens is 180 g/mol. The van der Waals surface area contributed by atoms with Gasteiger partial charge in [-0.1, -0.05) is 48.0 Å². The number of rotatable bonds is 5. The van der Waals surface area contributed by atoms with Crippen molar-refractivity contribution in [1.29, 1.82) is 0 Å². The summed E-state index contributed by atoms with van der Waals surface area (Å²) in [6, 6.07) is 0. The Morgan fingerprint density at radius 3 is 2.13 bits per heavy atom. The second-order valence-corrected chi connectivity index (χ2v) is 5.35. The fraction of sp³-hybridized carbons (Fsp3) is 0.867. The highest BCUT2D eigenvalue weighted by Gasteiger charge is 2.24. The van der Waals surface area contributed by atoms with Crippen molar-refractivity contribution in [1.82, 2.24) is 0 Å². The van der Waals surface area contributed by atoms with Gasteiger partial charge in [0.25, 0.3) is 0 Å². The number of hydrogen-bond acceptors (Lipinski definition) is 0. The van der Waals surface area contributed by atoms with Crippen molar-refractivity contribution in [2.75, 3.05) is 0 Å². The largest absolute Gasteiger partial charge is 0.102 e. The van der Waals surface area contributed by atoms with Crippen LogP contribution in [0.15, 0.2) is 0 Å². The molecule has 15 heavy (non-hydrogen) atoms. The fourth-order valence-corrected chi connectivity index (χ4v) is 1.67. The summed E-state index contributed by atoms with van der Waals surface area (Å²) in [4.78, 5) is 0. The zero-order chi connectivity index (χ0) is 11.9. The predicted molar refractivity (Wildman–Crippen MR) is 69.7 cm³/mol. The Morgan fingerprint density at radius 1 is 1.13 bits per heavy atom. The molecule has 0 spiro atoms. The molecular formula is C15H28. The minimum Gasteiger partial charge on any atom is -0.102 e. The van der Waals surface area contributed by atoms with Crippen LogP contribution in [0.3, 0.4) is 0 Å². The lowest BCUT2D eigenvalue weighted by atomic mass is 9.74. The first-order chi connectivity index (χ1) is 6.96. The van der Waals surface area contributed by atoms with Gasteiger partial charge < -0.3 is 0 Å². The minimum absolute atomic E-state index is 0.402. The minimum atomic E-state index is 0.402. The molecule has 0 nitrogen and oxygen atoms in total. The van der Waals surface area contributed by atoms with Crippen LogP contribution in [0.2, 0.25) is 0 Å². The topological polar surface area (TPSA) is 0 Å². The average Bonchev–Trinajstić information content (AvgIpc) is 2.17. The summed E-state index contributed by atoms with van der Waals surface area (Å²) in [6.07, 6.45) is 4.75. The maximum atomic E-state index is 3.39. The van der Waals surface area contributed by atoms with Gasteiger partial charge in [-0.25, -0.2) is 0 Å². The smallest absolute Gasteiger partial charge is 0.0174 e. The zero-order valence-corrected chi connectivity index (χ0v) is 11.5. The van der Waals surface area contributed by atoms with Crippen molar-refractivity contribution in [2.45, 2.75) is 67.2 Å². The molecule has 0 heterocycles. The van der Waals surface area contributed by atoms with Gasteiger partial charge in [0.1, 0.15) is 0 Å². The third kappa shape index (κ3) is 5.26. The Balaban J connectivity index is 4.21. The van der Waals surface area contributed by atoms with E-state index in [4.69, 9.17) is 0 Å². The Bertz CT molecular complexity index is 216. The summed E-state index contributed by atoms with van der Waals surface area (Å²) < 4.78 is 0. The van der Waals surface area contributed by atoms with Crippen LogP contribution in [-0.4, -0.2) is 0 Å². The molecule has 0 bridgehead atoms. The Kier molecular flexibility index (Phi) is 6.73. The van der Waals surface area contributed by atoms with Crippen molar-refractivity contribution < 1.29 is 0 Å². The quantitative estimate of drug-likeness (QED) is 0.564. The van der Waals surface area contributed by atoms with Gasteiger partial charge in [0.05, 0.1) is 0 Å². The van der Waals surface area contributed by atoms with Crippen LogP contribution in [-0.2, 0) is 0 Å².